The Morgan fingerprint density at radius 3 is 2.61 bits per heavy atom. The van der Waals surface area contributed by atoms with Crippen molar-refractivity contribution in [3.05, 3.63) is 96.2 Å². The van der Waals surface area contributed by atoms with Gasteiger partial charge in [0.05, 0.1) is 25.1 Å². The molecule has 0 aliphatic rings. The van der Waals surface area contributed by atoms with Gasteiger partial charge in [-0.1, -0.05) is 43.0 Å². The predicted molar refractivity (Wildman–Crippen MR) is 136 cm³/mol. The number of hydrogen-bond acceptors (Lipinski definition) is 5. The van der Waals surface area contributed by atoms with Gasteiger partial charge in [-0.25, -0.2) is 0 Å². The van der Waals surface area contributed by atoms with Crippen LogP contribution in [0.4, 0.5) is 11.4 Å². The molecule has 0 fully saturated rings. The van der Waals surface area contributed by atoms with Gasteiger partial charge in [0.2, 0.25) is 0 Å². The molecule has 4 aromatic rings. The standard InChI is InChI=1S/C27H30N4O2/c1-19(30-27-6-4-3-5-25(27)28)21-9-7-20(8-10-21)17-31(13-14-32)18-22-16-29-26-12-11-23(33-2)15-24(22)26/h3-12,15-16,29-30,32H,1,13-14,17-18,28H2,2H3. The van der Waals surface area contributed by atoms with E-state index in [1.165, 1.54) is 5.56 Å². The van der Waals surface area contributed by atoms with Gasteiger partial charge in [-0.3, -0.25) is 4.90 Å². The summed E-state index contributed by atoms with van der Waals surface area (Å²) in [4.78, 5) is 5.56. The van der Waals surface area contributed by atoms with Gasteiger partial charge in [0.1, 0.15) is 5.75 Å². The molecule has 0 saturated carbocycles. The molecule has 5 N–H and O–H groups in total. The number of aromatic nitrogens is 1. The number of H-pyrrole nitrogens is 1. The van der Waals surface area contributed by atoms with Crippen LogP contribution in [-0.4, -0.2) is 35.3 Å². The molecule has 33 heavy (non-hydrogen) atoms. The fourth-order valence-electron chi connectivity index (χ4n) is 3.93. The van der Waals surface area contributed by atoms with Crippen molar-refractivity contribution in [3.63, 3.8) is 0 Å². The first-order chi connectivity index (χ1) is 16.1. The summed E-state index contributed by atoms with van der Waals surface area (Å²) in [5.41, 5.74) is 12.8. The zero-order valence-electron chi connectivity index (χ0n) is 18.8. The van der Waals surface area contributed by atoms with Crippen molar-refractivity contribution in [1.82, 2.24) is 9.88 Å². The van der Waals surface area contributed by atoms with Crippen molar-refractivity contribution < 1.29 is 9.84 Å². The summed E-state index contributed by atoms with van der Waals surface area (Å²) in [5.74, 6) is 0.832. The molecule has 4 rings (SSSR count). The van der Waals surface area contributed by atoms with Crippen LogP contribution in [0.2, 0.25) is 0 Å². The molecular formula is C27H30N4O2. The number of ether oxygens (including phenoxy) is 1. The Morgan fingerprint density at radius 1 is 1.09 bits per heavy atom. The number of benzene rings is 3. The van der Waals surface area contributed by atoms with Gasteiger partial charge in [-0.2, -0.15) is 0 Å². The van der Waals surface area contributed by atoms with Gasteiger partial charge in [0.15, 0.2) is 0 Å². The predicted octanol–water partition coefficient (Wildman–Crippen LogP) is 4.84. The highest BCUT2D eigenvalue weighted by atomic mass is 16.5. The smallest absolute Gasteiger partial charge is 0.119 e. The number of aromatic amines is 1. The van der Waals surface area contributed by atoms with E-state index < -0.39 is 0 Å². The fraction of sp³-hybridized carbons (Fsp3) is 0.185. The van der Waals surface area contributed by atoms with Crippen molar-refractivity contribution >= 4 is 28.0 Å². The highest BCUT2D eigenvalue weighted by molar-refractivity contribution is 5.84. The van der Waals surface area contributed by atoms with Gasteiger partial charge in [0, 0.05) is 42.4 Å². The Bertz CT molecular complexity index is 1230. The van der Waals surface area contributed by atoms with E-state index in [1.54, 1.807) is 7.11 Å². The molecule has 0 amide bonds. The number of nitrogens with two attached hydrogens (primary N) is 1. The highest BCUT2D eigenvalue weighted by Crippen LogP contribution is 2.26. The van der Waals surface area contributed by atoms with E-state index in [-0.39, 0.29) is 6.61 Å². The van der Waals surface area contributed by atoms with E-state index in [0.29, 0.717) is 12.2 Å². The lowest BCUT2D eigenvalue weighted by Crippen LogP contribution is -2.26. The maximum atomic E-state index is 9.62. The SMILES string of the molecule is C=C(Nc1ccccc1N)c1ccc(CN(CCO)Cc2c[nH]c3ccc(OC)cc23)cc1. The lowest BCUT2D eigenvalue weighted by molar-refractivity contribution is 0.185. The normalized spacial score (nSPS) is 11.1. The van der Waals surface area contributed by atoms with Crippen LogP contribution >= 0.6 is 0 Å². The molecule has 0 spiro atoms. The molecule has 3 aromatic carbocycles. The zero-order valence-corrected chi connectivity index (χ0v) is 18.8. The molecule has 6 nitrogen and oxygen atoms in total. The number of nitrogens with one attached hydrogen (secondary N) is 2. The Kier molecular flexibility index (Phi) is 6.98. The average Bonchev–Trinajstić information content (AvgIpc) is 3.23. The first-order valence-electron chi connectivity index (χ1n) is 10.9. The number of rotatable bonds is 10. The minimum Gasteiger partial charge on any atom is -0.497 e. The second kappa shape index (κ2) is 10.3. The largest absolute Gasteiger partial charge is 0.497 e. The molecule has 0 radical (unpaired) electrons. The summed E-state index contributed by atoms with van der Waals surface area (Å²) in [6, 6.07) is 22.0. The lowest BCUT2D eigenvalue weighted by Gasteiger charge is -2.21. The second-order valence-corrected chi connectivity index (χ2v) is 8.05. The number of methoxy groups -OCH3 is 1. The Hall–Kier alpha value is -3.74. The van der Waals surface area contributed by atoms with E-state index in [2.05, 4.69) is 46.0 Å². The van der Waals surface area contributed by atoms with Crippen LogP contribution in [0.3, 0.4) is 0 Å². The van der Waals surface area contributed by atoms with Crippen LogP contribution in [-0.2, 0) is 13.1 Å². The topological polar surface area (TPSA) is 86.5 Å². The molecule has 0 aliphatic heterocycles. The van der Waals surface area contributed by atoms with Crippen molar-refractivity contribution in [3.8, 4) is 5.75 Å². The van der Waals surface area contributed by atoms with Gasteiger partial charge in [0.25, 0.3) is 0 Å². The number of hydrogen-bond donors (Lipinski definition) is 4. The third-order valence-corrected chi connectivity index (χ3v) is 5.74. The monoisotopic (exact) mass is 442 g/mol. The summed E-state index contributed by atoms with van der Waals surface area (Å²) < 4.78 is 5.38. The summed E-state index contributed by atoms with van der Waals surface area (Å²) in [5, 5.41) is 14.0. The second-order valence-electron chi connectivity index (χ2n) is 8.05. The number of anilines is 2. The van der Waals surface area contributed by atoms with Crippen molar-refractivity contribution in [2.24, 2.45) is 0 Å². The third kappa shape index (κ3) is 5.37. The molecule has 1 heterocycles. The van der Waals surface area contributed by atoms with Crippen LogP contribution in [0.1, 0.15) is 16.7 Å². The Balaban J connectivity index is 1.45. The van der Waals surface area contributed by atoms with E-state index in [9.17, 15) is 5.11 Å². The summed E-state index contributed by atoms with van der Waals surface area (Å²) in [6.45, 7) is 6.28. The van der Waals surface area contributed by atoms with E-state index in [0.717, 1.165) is 52.3 Å². The first kappa shape index (κ1) is 22.5. The summed E-state index contributed by atoms with van der Waals surface area (Å²) in [6.07, 6.45) is 2.03. The van der Waals surface area contributed by atoms with Crippen molar-refractivity contribution in [1.29, 1.82) is 0 Å². The number of nitrogens with zero attached hydrogens (tertiary/aromatic N) is 1. The van der Waals surface area contributed by atoms with Crippen molar-refractivity contribution in [2.75, 3.05) is 31.3 Å². The molecule has 1 aromatic heterocycles. The zero-order chi connectivity index (χ0) is 23.2. The van der Waals surface area contributed by atoms with Crippen LogP contribution in [0, 0.1) is 0 Å². The first-order valence-corrected chi connectivity index (χ1v) is 10.9. The third-order valence-electron chi connectivity index (χ3n) is 5.74. The minimum atomic E-state index is 0.100. The maximum absolute atomic E-state index is 9.62. The molecule has 170 valence electrons. The number of para-hydroxylation sites is 2. The Morgan fingerprint density at radius 2 is 1.88 bits per heavy atom. The Labute approximate surface area is 194 Å². The molecule has 0 bridgehead atoms. The van der Waals surface area contributed by atoms with Crippen LogP contribution in [0.5, 0.6) is 5.75 Å². The van der Waals surface area contributed by atoms with Gasteiger partial charge < -0.3 is 25.9 Å². The summed E-state index contributed by atoms with van der Waals surface area (Å²) in [7, 11) is 1.67. The maximum Gasteiger partial charge on any atom is 0.119 e. The molecule has 0 unspecified atom stereocenters. The molecule has 0 aliphatic carbocycles. The molecule has 6 heteroatoms. The van der Waals surface area contributed by atoms with Crippen molar-refractivity contribution in [2.45, 2.75) is 13.1 Å². The lowest BCUT2D eigenvalue weighted by atomic mass is 10.1. The van der Waals surface area contributed by atoms with Crippen LogP contribution in [0.25, 0.3) is 16.6 Å². The van der Waals surface area contributed by atoms with Crippen LogP contribution in [0.15, 0.2) is 79.5 Å². The molecular weight excluding hydrogens is 412 g/mol. The molecule has 0 atom stereocenters. The number of aliphatic hydroxyl groups is 1. The van der Waals surface area contributed by atoms with E-state index in [4.69, 9.17) is 10.5 Å². The quantitative estimate of drug-likeness (QED) is 0.264. The molecule has 0 saturated heterocycles. The van der Waals surface area contributed by atoms with Crippen LogP contribution < -0.4 is 15.8 Å². The number of nitrogen functional groups attached to an aromatic ring is 1. The fourth-order valence-corrected chi connectivity index (χ4v) is 3.93. The summed E-state index contributed by atoms with van der Waals surface area (Å²) >= 11 is 0. The van der Waals surface area contributed by atoms with Gasteiger partial charge >= 0.3 is 0 Å². The highest BCUT2D eigenvalue weighted by Gasteiger charge is 2.12. The van der Waals surface area contributed by atoms with E-state index >= 15 is 0 Å². The minimum absolute atomic E-state index is 0.100. The number of aliphatic hydroxyl groups excluding tert-OH is 1. The average molecular weight is 443 g/mol. The van der Waals surface area contributed by atoms with E-state index in [1.807, 2.05) is 48.7 Å². The van der Waals surface area contributed by atoms with Gasteiger partial charge in [-0.05, 0) is 47.0 Å². The number of fused-ring (bicyclic) bond motifs is 1. The van der Waals surface area contributed by atoms with Gasteiger partial charge in [-0.15, -0.1) is 0 Å².